The standard InChI is InChI=1S/C24H25ClF2NO2S2/c25-16-3-5-17(6-4-16)31-13-15-2-1-14(11-28-32(29)18-7-8-18)19-12-30-24-21(27)10-9-20(26)23(24)22(15)19/h3-6,9-10,14-15,18-19,22,31H,1-2,7-8,11-12H2,(H,28,29)/q-1/p+1/t14-,15?,19?,22?,32?/m0/s1. The van der Waals surface area contributed by atoms with Crippen LogP contribution in [0.2, 0.25) is 5.02 Å². The van der Waals surface area contributed by atoms with Crippen LogP contribution in [0, 0.1) is 34.6 Å². The number of ether oxygens (including phenoxy) is 1. The third-order valence-corrected chi connectivity index (χ3v) is 9.71. The molecule has 5 rings (SSSR count). The number of halogens is 3. The Morgan fingerprint density at radius 1 is 1.09 bits per heavy atom. The molecule has 2 saturated carbocycles. The van der Waals surface area contributed by atoms with Crippen LogP contribution in [-0.4, -0.2) is 18.4 Å². The second-order valence-corrected chi connectivity index (χ2v) is 12.0. The maximum atomic E-state index is 15.0. The summed E-state index contributed by atoms with van der Waals surface area (Å²) in [6, 6.07) is 9.92. The highest BCUT2D eigenvalue weighted by molar-refractivity contribution is 7.83. The first kappa shape index (κ1) is 22.4. The van der Waals surface area contributed by atoms with Crippen LogP contribution in [0.25, 0.3) is 0 Å². The Morgan fingerprint density at radius 3 is 2.59 bits per heavy atom. The monoisotopic (exact) mass is 497 g/mol. The SMILES string of the molecule is O=[SH+](NC[C@@H]1CCC(C#[SH-]c2ccc(Cl)cc2)C2c3c(F)ccc(F)c3OCC21)C1CC1. The van der Waals surface area contributed by atoms with Gasteiger partial charge in [0.2, 0.25) is 0 Å². The number of hydrogen-bond donors (Lipinski definition) is 1. The molecule has 8 heteroatoms. The molecule has 2 fully saturated rings. The fraction of sp³-hybridized carbons (Fsp3) is 0.458. The average Bonchev–Trinajstić information content (AvgIpc) is 3.65. The van der Waals surface area contributed by atoms with Crippen molar-refractivity contribution in [2.45, 2.75) is 41.7 Å². The second-order valence-electron chi connectivity index (χ2n) is 8.85. The largest absolute Gasteiger partial charge is 0.490 e. The smallest absolute Gasteiger partial charge is 0.165 e. The Morgan fingerprint density at radius 2 is 1.84 bits per heavy atom. The molecule has 0 saturated heterocycles. The zero-order chi connectivity index (χ0) is 22.2. The lowest BCUT2D eigenvalue weighted by Crippen LogP contribution is -2.44. The fourth-order valence-electron chi connectivity index (χ4n) is 4.94. The van der Waals surface area contributed by atoms with E-state index in [9.17, 15) is 8.60 Å². The molecular formula is C24H26ClF2NO2S2. The highest BCUT2D eigenvalue weighted by atomic mass is 35.5. The lowest BCUT2D eigenvalue weighted by Gasteiger charge is -2.45. The Kier molecular flexibility index (Phi) is 6.64. The van der Waals surface area contributed by atoms with Gasteiger partial charge in [0.1, 0.15) is 22.1 Å². The van der Waals surface area contributed by atoms with Crippen molar-refractivity contribution in [2.24, 2.45) is 17.8 Å². The zero-order valence-corrected chi connectivity index (χ0v) is 20.0. The predicted molar refractivity (Wildman–Crippen MR) is 127 cm³/mol. The van der Waals surface area contributed by atoms with E-state index in [1.807, 2.05) is 24.3 Å². The molecular weight excluding hydrogens is 472 g/mol. The summed E-state index contributed by atoms with van der Waals surface area (Å²) in [4.78, 5) is 1.06. The van der Waals surface area contributed by atoms with E-state index in [2.05, 4.69) is 9.91 Å². The van der Waals surface area contributed by atoms with Crippen LogP contribution in [0.15, 0.2) is 41.3 Å². The molecule has 172 valence electrons. The molecule has 1 aliphatic heterocycles. The van der Waals surface area contributed by atoms with Gasteiger partial charge in [-0.2, -0.15) is 0 Å². The summed E-state index contributed by atoms with van der Waals surface area (Å²) in [7, 11) is -1.40. The summed E-state index contributed by atoms with van der Waals surface area (Å²) in [6.07, 6.45) is 3.78. The maximum Gasteiger partial charge on any atom is 0.165 e. The molecule has 0 spiro atoms. The van der Waals surface area contributed by atoms with E-state index in [-0.39, 0.29) is 29.4 Å². The molecule has 2 aliphatic carbocycles. The molecule has 0 bridgehead atoms. The molecule has 0 radical (unpaired) electrons. The quantitative estimate of drug-likeness (QED) is 0.369. The van der Waals surface area contributed by atoms with E-state index < -0.39 is 22.6 Å². The topological polar surface area (TPSA) is 38.3 Å². The number of nitrogens with one attached hydrogen (secondary N) is 1. The first-order valence-corrected chi connectivity index (χ1v) is 13.6. The van der Waals surface area contributed by atoms with E-state index in [1.165, 1.54) is 6.07 Å². The first-order valence-electron chi connectivity index (χ1n) is 11.0. The molecule has 32 heavy (non-hydrogen) atoms. The number of fused-ring (bicyclic) bond motifs is 3. The van der Waals surface area contributed by atoms with Gasteiger partial charge in [-0.05, 0) is 48.9 Å². The molecule has 0 aromatic heterocycles. The number of hydrogen-bond acceptors (Lipinski definition) is 3. The molecule has 0 amide bonds. The van der Waals surface area contributed by atoms with Crippen LogP contribution in [0.4, 0.5) is 8.78 Å². The summed E-state index contributed by atoms with van der Waals surface area (Å²) < 4.78 is 50.8. The second kappa shape index (κ2) is 9.47. The van der Waals surface area contributed by atoms with E-state index in [0.29, 0.717) is 29.0 Å². The van der Waals surface area contributed by atoms with Crippen LogP contribution < -0.4 is 9.46 Å². The van der Waals surface area contributed by atoms with Gasteiger partial charge in [0, 0.05) is 41.8 Å². The Bertz CT molecular complexity index is 1100. The third kappa shape index (κ3) is 4.64. The van der Waals surface area contributed by atoms with Crippen molar-refractivity contribution in [3.63, 3.8) is 0 Å². The molecule has 5 atom stereocenters. The highest BCUT2D eigenvalue weighted by Crippen LogP contribution is 2.51. The molecule has 1 heterocycles. The van der Waals surface area contributed by atoms with Gasteiger partial charge >= 0.3 is 0 Å². The van der Waals surface area contributed by atoms with Crippen LogP contribution in [0.1, 0.15) is 37.2 Å². The van der Waals surface area contributed by atoms with Crippen molar-refractivity contribution in [1.82, 2.24) is 4.72 Å². The van der Waals surface area contributed by atoms with Gasteiger partial charge in [-0.1, -0.05) is 27.9 Å². The van der Waals surface area contributed by atoms with E-state index in [4.69, 9.17) is 16.3 Å². The van der Waals surface area contributed by atoms with Gasteiger partial charge in [-0.25, -0.2) is 8.78 Å². The molecule has 1 N–H and O–H groups in total. The van der Waals surface area contributed by atoms with Crippen molar-refractivity contribution in [3.05, 3.63) is 58.6 Å². The third-order valence-electron chi connectivity index (χ3n) is 6.77. The highest BCUT2D eigenvalue weighted by Gasteiger charge is 2.45. The van der Waals surface area contributed by atoms with Crippen LogP contribution in [0.3, 0.4) is 0 Å². The van der Waals surface area contributed by atoms with Crippen LogP contribution in [-0.2, 0) is 26.4 Å². The summed E-state index contributed by atoms with van der Waals surface area (Å²) in [5, 5.41) is 4.54. The van der Waals surface area contributed by atoms with Gasteiger partial charge in [-0.15, -0.1) is 9.62 Å². The summed E-state index contributed by atoms with van der Waals surface area (Å²) in [5.41, 5.74) is 0.335. The van der Waals surface area contributed by atoms with Gasteiger partial charge in [0.15, 0.2) is 11.6 Å². The lowest BCUT2D eigenvalue weighted by atomic mass is 9.63. The van der Waals surface area contributed by atoms with E-state index in [0.717, 1.165) is 47.8 Å². The van der Waals surface area contributed by atoms with Crippen molar-refractivity contribution < 1.29 is 17.7 Å². The van der Waals surface area contributed by atoms with Crippen LogP contribution in [0.5, 0.6) is 5.75 Å². The minimum Gasteiger partial charge on any atom is -0.490 e. The molecule has 3 nitrogen and oxygen atoms in total. The Hall–Kier alpha value is -1.37. The number of rotatable bonds is 4. The first-order chi connectivity index (χ1) is 15.5. The summed E-state index contributed by atoms with van der Waals surface area (Å²) >= 11 is 6.90. The number of benzene rings is 2. The number of thiol groups is 2. The fourth-order valence-corrected chi connectivity index (χ4v) is 7.26. The molecule has 4 unspecified atom stereocenters. The van der Waals surface area contributed by atoms with Crippen molar-refractivity contribution in [3.8, 4) is 10.9 Å². The van der Waals surface area contributed by atoms with Crippen molar-refractivity contribution in [2.75, 3.05) is 13.2 Å². The van der Waals surface area contributed by atoms with Gasteiger partial charge < -0.3 is 15.9 Å². The Balaban J connectivity index is 1.45. The van der Waals surface area contributed by atoms with Gasteiger partial charge in [-0.3, -0.25) is 5.18 Å². The molecule has 2 aromatic carbocycles. The average molecular weight is 498 g/mol. The molecule has 3 aliphatic rings. The summed E-state index contributed by atoms with van der Waals surface area (Å²) in [5.74, 6) is -0.939. The van der Waals surface area contributed by atoms with Crippen molar-refractivity contribution in [1.29, 1.82) is 0 Å². The Labute approximate surface area is 198 Å². The zero-order valence-electron chi connectivity index (χ0n) is 17.4. The maximum absolute atomic E-state index is 15.0. The normalized spacial score (nSPS) is 27.6. The minimum absolute atomic E-state index is 0.0144. The predicted octanol–water partition coefficient (Wildman–Crippen LogP) is 4.93. The lowest BCUT2D eigenvalue weighted by molar-refractivity contribution is 0.0810. The minimum atomic E-state index is -1.40. The van der Waals surface area contributed by atoms with Crippen LogP contribution >= 0.6 is 11.6 Å². The van der Waals surface area contributed by atoms with Gasteiger partial charge in [0.05, 0.1) is 6.61 Å². The van der Waals surface area contributed by atoms with Gasteiger partial charge in [0.25, 0.3) is 0 Å². The molecule has 2 aromatic rings. The summed E-state index contributed by atoms with van der Waals surface area (Å²) in [6.45, 7) is 0.949. The van der Waals surface area contributed by atoms with E-state index >= 15 is 4.39 Å². The van der Waals surface area contributed by atoms with Crippen molar-refractivity contribution >= 4 is 33.8 Å². The van der Waals surface area contributed by atoms with E-state index in [1.54, 1.807) is 0 Å².